The number of halogens is 1. The Bertz CT molecular complexity index is 1320. The van der Waals surface area contributed by atoms with Gasteiger partial charge in [0.25, 0.3) is 0 Å². The second kappa shape index (κ2) is 11.9. The lowest BCUT2D eigenvalue weighted by atomic mass is 10.1. The first-order valence-corrected chi connectivity index (χ1v) is 13.8. The number of amides is 1. The fourth-order valence-corrected chi connectivity index (χ4v) is 5.17. The van der Waals surface area contributed by atoms with Gasteiger partial charge in [0.2, 0.25) is 5.91 Å². The molecule has 36 heavy (non-hydrogen) atoms. The second-order valence-electron chi connectivity index (χ2n) is 8.78. The molecule has 1 N–H and O–H groups in total. The van der Waals surface area contributed by atoms with Gasteiger partial charge in [-0.05, 0) is 31.9 Å². The van der Waals surface area contributed by atoms with Crippen LogP contribution in [-0.2, 0) is 11.3 Å². The molecule has 0 spiro atoms. The highest BCUT2D eigenvalue weighted by Crippen LogP contribution is 2.30. The number of thioether (sulfide) groups is 1. The summed E-state index contributed by atoms with van der Waals surface area (Å²) < 4.78 is 8.08. The molecule has 0 radical (unpaired) electrons. The fraction of sp³-hybridized carbons (Fsp3) is 0.308. The molecule has 2 heterocycles. The molecule has 7 nitrogen and oxygen atoms in total. The third kappa shape index (κ3) is 6.66. The van der Waals surface area contributed by atoms with Gasteiger partial charge in [0, 0.05) is 17.5 Å². The minimum atomic E-state index is -0.366. The number of rotatable bonds is 10. The number of hydrogen-bond donors (Lipinski definition) is 1. The lowest BCUT2D eigenvalue weighted by Crippen LogP contribution is -2.17. The van der Waals surface area contributed by atoms with Crippen LogP contribution >= 0.6 is 34.7 Å². The summed E-state index contributed by atoms with van der Waals surface area (Å²) in [5.41, 5.74) is 3.06. The summed E-state index contributed by atoms with van der Waals surface area (Å²) >= 11 is 9.01. The van der Waals surface area contributed by atoms with Gasteiger partial charge >= 0.3 is 0 Å². The average molecular weight is 542 g/mol. The van der Waals surface area contributed by atoms with E-state index in [0.29, 0.717) is 39.3 Å². The third-order valence-corrected chi connectivity index (χ3v) is 7.26. The summed E-state index contributed by atoms with van der Waals surface area (Å²) in [4.78, 5) is 17.2. The van der Waals surface area contributed by atoms with Gasteiger partial charge in [-0.3, -0.25) is 4.79 Å². The van der Waals surface area contributed by atoms with Gasteiger partial charge in [0.1, 0.15) is 5.75 Å². The predicted octanol–water partition coefficient (Wildman–Crippen LogP) is 6.89. The number of nitrogens with one attached hydrogen (secondary N) is 1. The van der Waals surface area contributed by atoms with Crippen LogP contribution in [0.4, 0.5) is 5.13 Å². The van der Waals surface area contributed by atoms with E-state index in [-0.39, 0.29) is 17.8 Å². The van der Waals surface area contributed by atoms with Gasteiger partial charge in [-0.25, -0.2) is 4.98 Å². The number of aromatic nitrogens is 4. The van der Waals surface area contributed by atoms with Crippen molar-refractivity contribution in [1.29, 1.82) is 0 Å². The highest BCUT2D eigenvalue weighted by Gasteiger charge is 2.22. The molecule has 1 atom stereocenters. The number of ether oxygens (including phenoxy) is 1. The first-order chi connectivity index (χ1) is 17.3. The molecule has 0 aliphatic carbocycles. The van der Waals surface area contributed by atoms with E-state index >= 15 is 0 Å². The maximum atomic E-state index is 12.7. The molecular formula is C26H28ClN5O2S2. The maximum absolute atomic E-state index is 12.7. The monoisotopic (exact) mass is 541 g/mol. The van der Waals surface area contributed by atoms with Crippen molar-refractivity contribution >= 4 is 45.7 Å². The van der Waals surface area contributed by atoms with Crippen LogP contribution in [0.25, 0.3) is 11.3 Å². The van der Waals surface area contributed by atoms with Crippen LogP contribution in [0.15, 0.2) is 59.1 Å². The first kappa shape index (κ1) is 26.2. The molecule has 2 aromatic carbocycles. The van der Waals surface area contributed by atoms with Crippen LogP contribution in [-0.4, -0.2) is 31.4 Å². The molecular weight excluding hydrogens is 514 g/mol. The Morgan fingerprint density at radius 3 is 2.61 bits per heavy atom. The Hall–Kier alpha value is -2.88. The molecule has 4 rings (SSSR count). The van der Waals surface area contributed by atoms with Crippen molar-refractivity contribution in [2.75, 3.05) is 11.1 Å². The highest BCUT2D eigenvalue weighted by atomic mass is 35.5. The lowest BCUT2D eigenvalue weighted by molar-refractivity contribution is -0.113. The highest BCUT2D eigenvalue weighted by molar-refractivity contribution is 7.99. The molecule has 2 aromatic heterocycles. The summed E-state index contributed by atoms with van der Waals surface area (Å²) in [7, 11) is 0. The van der Waals surface area contributed by atoms with Crippen molar-refractivity contribution in [1.82, 2.24) is 19.7 Å². The van der Waals surface area contributed by atoms with Crippen LogP contribution in [0.5, 0.6) is 5.75 Å². The quantitative estimate of drug-likeness (QED) is 0.220. The predicted molar refractivity (Wildman–Crippen MR) is 147 cm³/mol. The van der Waals surface area contributed by atoms with Gasteiger partial charge in [-0.1, -0.05) is 79.2 Å². The van der Waals surface area contributed by atoms with Crippen molar-refractivity contribution in [2.45, 2.75) is 45.5 Å². The van der Waals surface area contributed by atoms with E-state index in [0.717, 1.165) is 11.3 Å². The lowest BCUT2D eigenvalue weighted by Gasteiger charge is -2.18. The number of nitrogens with zero attached hydrogens (tertiary/aromatic N) is 4. The molecule has 1 unspecified atom stereocenters. The molecule has 10 heteroatoms. The molecule has 0 aliphatic heterocycles. The number of anilines is 1. The topological polar surface area (TPSA) is 81.9 Å². The van der Waals surface area contributed by atoms with E-state index in [1.807, 2.05) is 66.3 Å². The second-order valence-corrected chi connectivity index (χ2v) is 11.0. The van der Waals surface area contributed by atoms with E-state index in [1.165, 1.54) is 28.7 Å². The molecule has 0 saturated heterocycles. The zero-order chi connectivity index (χ0) is 25.7. The number of carbonyl (C=O) groups excluding carboxylic acids is 1. The summed E-state index contributed by atoms with van der Waals surface area (Å²) in [5, 5.41) is 15.4. The van der Waals surface area contributed by atoms with E-state index < -0.39 is 0 Å². The zero-order valence-electron chi connectivity index (χ0n) is 20.6. The van der Waals surface area contributed by atoms with Gasteiger partial charge in [0.15, 0.2) is 22.2 Å². The van der Waals surface area contributed by atoms with Crippen LogP contribution < -0.4 is 10.1 Å². The summed E-state index contributed by atoms with van der Waals surface area (Å²) in [6.07, 6.45) is -0.366. The normalized spacial score (nSPS) is 12.1. The third-order valence-electron chi connectivity index (χ3n) is 5.23. The van der Waals surface area contributed by atoms with Gasteiger partial charge in [-0.2, -0.15) is 0 Å². The Labute approximate surface area is 224 Å². The number of para-hydroxylation sites is 1. The Balaban J connectivity index is 1.41. The van der Waals surface area contributed by atoms with Crippen molar-refractivity contribution < 1.29 is 9.53 Å². The molecule has 188 valence electrons. The fourth-order valence-electron chi connectivity index (χ4n) is 3.50. The molecule has 1 amide bonds. The average Bonchev–Trinajstić information content (AvgIpc) is 3.46. The smallest absolute Gasteiger partial charge is 0.236 e. The number of hydrogen-bond acceptors (Lipinski definition) is 7. The largest absolute Gasteiger partial charge is 0.481 e. The number of thiazole rings is 1. The standard InChI is InChI=1S/C26H28ClN5O2S2/c1-16(2)13-32-24(18(4)34-22-8-6-5-7-20(22)27)30-31-26(32)36-15-23(33)29-25-28-21(14-35-25)19-11-9-17(3)10-12-19/h5-12,14,16,18H,13,15H2,1-4H3,(H,28,29,33). The maximum Gasteiger partial charge on any atom is 0.236 e. The van der Waals surface area contributed by atoms with E-state index in [2.05, 4.69) is 34.3 Å². The molecule has 0 aliphatic rings. The molecule has 0 fully saturated rings. The van der Waals surface area contributed by atoms with E-state index in [1.54, 1.807) is 6.07 Å². The zero-order valence-corrected chi connectivity index (χ0v) is 23.0. The SMILES string of the molecule is Cc1ccc(-c2csc(NC(=O)CSc3nnc(C(C)Oc4ccccc4Cl)n3CC(C)C)n2)cc1. The van der Waals surface area contributed by atoms with Crippen molar-refractivity contribution in [2.24, 2.45) is 5.92 Å². The minimum absolute atomic E-state index is 0.147. The van der Waals surface area contributed by atoms with Gasteiger partial charge < -0.3 is 14.6 Å². The van der Waals surface area contributed by atoms with Crippen LogP contribution in [0.1, 0.15) is 38.3 Å². The van der Waals surface area contributed by atoms with E-state index in [4.69, 9.17) is 16.3 Å². The van der Waals surface area contributed by atoms with Crippen molar-refractivity contribution in [3.05, 3.63) is 70.3 Å². The molecule has 4 aromatic rings. The molecule has 0 saturated carbocycles. The van der Waals surface area contributed by atoms with Crippen LogP contribution in [0, 0.1) is 12.8 Å². The number of aryl methyl sites for hydroxylation is 1. The Morgan fingerprint density at radius 2 is 1.89 bits per heavy atom. The van der Waals surface area contributed by atoms with Crippen LogP contribution in [0.2, 0.25) is 5.02 Å². The number of carbonyl (C=O) groups is 1. The van der Waals surface area contributed by atoms with Crippen LogP contribution in [0.3, 0.4) is 0 Å². The van der Waals surface area contributed by atoms with E-state index in [9.17, 15) is 4.79 Å². The van der Waals surface area contributed by atoms with Crippen molar-refractivity contribution in [3.63, 3.8) is 0 Å². The Morgan fingerprint density at radius 1 is 1.14 bits per heavy atom. The number of benzene rings is 2. The summed E-state index contributed by atoms with van der Waals surface area (Å²) in [6, 6.07) is 15.5. The minimum Gasteiger partial charge on any atom is -0.481 e. The Kier molecular flexibility index (Phi) is 8.66. The van der Waals surface area contributed by atoms with Gasteiger partial charge in [-0.15, -0.1) is 21.5 Å². The van der Waals surface area contributed by atoms with Crippen molar-refractivity contribution in [3.8, 4) is 17.0 Å². The summed E-state index contributed by atoms with van der Waals surface area (Å²) in [6.45, 7) is 8.91. The first-order valence-electron chi connectivity index (χ1n) is 11.6. The van der Waals surface area contributed by atoms with Gasteiger partial charge in [0.05, 0.1) is 16.5 Å². The summed E-state index contributed by atoms with van der Waals surface area (Å²) in [5.74, 6) is 1.68. The molecule has 0 bridgehead atoms.